The van der Waals surface area contributed by atoms with Crippen LogP contribution in [0.2, 0.25) is 5.02 Å². The molecule has 0 saturated carbocycles. The summed E-state index contributed by atoms with van der Waals surface area (Å²) in [5.74, 6) is 0.579. The minimum Gasteiger partial charge on any atom is -0.381 e. The quantitative estimate of drug-likeness (QED) is 0.777. The molecule has 1 unspecified atom stereocenters. The summed E-state index contributed by atoms with van der Waals surface area (Å²) in [6, 6.07) is 8.08. The van der Waals surface area contributed by atoms with Crippen molar-refractivity contribution in [3.05, 3.63) is 46.9 Å². The van der Waals surface area contributed by atoms with Gasteiger partial charge in [-0.25, -0.2) is 0 Å². The summed E-state index contributed by atoms with van der Waals surface area (Å²) in [6.07, 6.45) is 2.80. The minimum atomic E-state index is 0.579. The molecule has 1 N–H and O–H groups in total. The van der Waals surface area contributed by atoms with Gasteiger partial charge in [-0.1, -0.05) is 17.7 Å². The molecule has 3 aromatic rings. The number of hydrogen-bond donors (Lipinski definition) is 1. The first-order valence-corrected chi connectivity index (χ1v) is 8.91. The Hall–Kier alpha value is -2.34. The summed E-state index contributed by atoms with van der Waals surface area (Å²) in [5, 5.41) is 17.0. The second kappa shape index (κ2) is 6.52. The number of benzene rings is 1. The first kappa shape index (κ1) is 16.1. The highest BCUT2D eigenvalue weighted by Gasteiger charge is 2.23. The van der Waals surface area contributed by atoms with Crippen LogP contribution in [0, 0.1) is 19.8 Å². The highest BCUT2D eigenvalue weighted by Crippen LogP contribution is 2.27. The van der Waals surface area contributed by atoms with E-state index in [0.29, 0.717) is 5.92 Å². The van der Waals surface area contributed by atoms with Crippen molar-refractivity contribution in [2.45, 2.75) is 20.3 Å². The molecule has 25 heavy (non-hydrogen) atoms. The predicted molar refractivity (Wildman–Crippen MR) is 101 cm³/mol. The molecular formula is C18H21ClN6. The first-order valence-electron chi connectivity index (χ1n) is 8.53. The summed E-state index contributed by atoms with van der Waals surface area (Å²) in [6.45, 7) is 7.08. The molecule has 1 aliphatic heterocycles. The lowest BCUT2D eigenvalue weighted by atomic mass is 10.1. The maximum Gasteiger partial charge on any atom is 0.200 e. The van der Waals surface area contributed by atoms with Gasteiger partial charge in [-0.05, 0) is 49.9 Å². The lowest BCUT2D eigenvalue weighted by Crippen LogP contribution is -2.22. The monoisotopic (exact) mass is 356 g/mol. The van der Waals surface area contributed by atoms with Gasteiger partial charge in [0.15, 0.2) is 0 Å². The third-order valence-corrected chi connectivity index (χ3v) is 5.19. The Balaban J connectivity index is 1.46. The largest absolute Gasteiger partial charge is 0.381 e. The van der Waals surface area contributed by atoms with E-state index in [1.807, 2.05) is 25.1 Å². The zero-order valence-corrected chi connectivity index (χ0v) is 15.2. The van der Waals surface area contributed by atoms with E-state index >= 15 is 0 Å². The third kappa shape index (κ3) is 3.14. The number of nitrogens with one attached hydrogen (secondary N) is 1. The fourth-order valence-electron chi connectivity index (χ4n) is 3.42. The molecule has 1 saturated heterocycles. The molecular weight excluding hydrogens is 336 g/mol. The summed E-state index contributed by atoms with van der Waals surface area (Å²) < 4.78 is 1.73. The molecule has 0 spiro atoms. The fraction of sp³-hybridized carbons (Fsp3) is 0.389. The van der Waals surface area contributed by atoms with Crippen LogP contribution in [0.5, 0.6) is 0 Å². The summed E-state index contributed by atoms with van der Waals surface area (Å²) in [4.78, 5) is 2.40. The average Bonchev–Trinajstić information content (AvgIpc) is 3.24. The van der Waals surface area contributed by atoms with Crippen molar-refractivity contribution in [2.75, 3.05) is 29.9 Å². The van der Waals surface area contributed by atoms with E-state index < -0.39 is 0 Å². The summed E-state index contributed by atoms with van der Waals surface area (Å²) >= 11 is 6.12. The second-order valence-corrected chi connectivity index (χ2v) is 7.08. The molecule has 1 aliphatic rings. The predicted octanol–water partition coefficient (Wildman–Crippen LogP) is 3.33. The topological polar surface area (TPSA) is 58.4 Å². The van der Waals surface area contributed by atoms with Gasteiger partial charge >= 0.3 is 0 Å². The molecule has 0 amide bonds. The number of anilines is 2. The van der Waals surface area contributed by atoms with E-state index in [2.05, 4.69) is 38.5 Å². The Bertz CT molecular complexity index is 906. The van der Waals surface area contributed by atoms with Crippen molar-refractivity contribution in [3.8, 4) is 0 Å². The molecule has 3 heterocycles. The first-order chi connectivity index (χ1) is 12.1. The van der Waals surface area contributed by atoms with Crippen molar-refractivity contribution in [1.29, 1.82) is 0 Å². The maximum atomic E-state index is 6.12. The van der Waals surface area contributed by atoms with Crippen LogP contribution >= 0.6 is 11.6 Å². The molecule has 1 atom stereocenters. The van der Waals surface area contributed by atoms with Gasteiger partial charge in [0.05, 0.1) is 11.4 Å². The minimum absolute atomic E-state index is 0.579. The highest BCUT2D eigenvalue weighted by molar-refractivity contribution is 6.30. The Morgan fingerprint density at radius 2 is 2.20 bits per heavy atom. The number of aryl methyl sites for hydroxylation is 1. The van der Waals surface area contributed by atoms with Gasteiger partial charge in [-0.2, -0.15) is 9.61 Å². The van der Waals surface area contributed by atoms with E-state index in [1.54, 1.807) is 10.8 Å². The van der Waals surface area contributed by atoms with Crippen molar-refractivity contribution in [2.24, 2.45) is 5.92 Å². The molecule has 1 fully saturated rings. The smallest absolute Gasteiger partial charge is 0.200 e. The molecule has 130 valence electrons. The molecule has 0 aliphatic carbocycles. The van der Waals surface area contributed by atoms with Gasteiger partial charge in [0, 0.05) is 30.3 Å². The zero-order chi connectivity index (χ0) is 17.4. The number of hydrogen-bond acceptors (Lipinski definition) is 5. The van der Waals surface area contributed by atoms with E-state index in [4.69, 9.17) is 11.6 Å². The normalized spacial score (nSPS) is 17.4. The van der Waals surface area contributed by atoms with Crippen LogP contribution in [-0.2, 0) is 0 Å². The lowest BCUT2D eigenvalue weighted by Gasteiger charge is -2.19. The molecule has 4 rings (SSSR count). The molecule has 2 aromatic heterocycles. The van der Waals surface area contributed by atoms with E-state index in [1.165, 1.54) is 5.69 Å². The number of rotatable bonds is 4. The highest BCUT2D eigenvalue weighted by atomic mass is 35.5. The third-order valence-electron chi connectivity index (χ3n) is 4.96. The number of fused-ring (bicyclic) bond motifs is 1. The molecule has 0 bridgehead atoms. The molecule has 6 nitrogen and oxygen atoms in total. The Labute approximate surface area is 151 Å². The summed E-state index contributed by atoms with van der Waals surface area (Å²) in [5.41, 5.74) is 5.14. The van der Waals surface area contributed by atoms with Crippen LogP contribution in [-0.4, -0.2) is 39.4 Å². The van der Waals surface area contributed by atoms with Gasteiger partial charge in [0.25, 0.3) is 0 Å². The van der Waals surface area contributed by atoms with Gasteiger partial charge < -0.3 is 10.2 Å². The van der Waals surface area contributed by atoms with Gasteiger partial charge in [0.2, 0.25) is 5.65 Å². The Morgan fingerprint density at radius 3 is 3.04 bits per heavy atom. The summed E-state index contributed by atoms with van der Waals surface area (Å²) in [7, 11) is 0. The number of nitrogens with zero attached hydrogens (tertiary/aromatic N) is 5. The molecule has 7 heteroatoms. The molecule has 1 aromatic carbocycles. The van der Waals surface area contributed by atoms with Crippen LogP contribution in [0.4, 0.5) is 11.4 Å². The van der Waals surface area contributed by atoms with Crippen LogP contribution in [0.25, 0.3) is 5.65 Å². The van der Waals surface area contributed by atoms with Crippen molar-refractivity contribution >= 4 is 28.6 Å². The van der Waals surface area contributed by atoms with Gasteiger partial charge in [0.1, 0.15) is 6.33 Å². The van der Waals surface area contributed by atoms with Gasteiger partial charge in [-0.3, -0.25) is 0 Å². The van der Waals surface area contributed by atoms with Crippen LogP contribution in [0.3, 0.4) is 0 Å². The number of aromatic nitrogens is 4. The van der Waals surface area contributed by atoms with Crippen LogP contribution in [0.1, 0.15) is 17.7 Å². The number of halogens is 1. The Morgan fingerprint density at radius 1 is 1.32 bits per heavy atom. The van der Waals surface area contributed by atoms with Crippen molar-refractivity contribution in [1.82, 2.24) is 19.8 Å². The second-order valence-electron chi connectivity index (χ2n) is 6.65. The fourth-order valence-corrected chi connectivity index (χ4v) is 3.60. The SMILES string of the molecule is Cc1nn2cnnc2c(NCC2CCN(c3cccc(Cl)c3)C2)c1C. The van der Waals surface area contributed by atoms with Crippen molar-refractivity contribution < 1.29 is 0 Å². The van der Waals surface area contributed by atoms with Crippen LogP contribution < -0.4 is 10.2 Å². The van der Waals surface area contributed by atoms with E-state index in [-0.39, 0.29) is 0 Å². The Kier molecular flexibility index (Phi) is 4.21. The average molecular weight is 357 g/mol. The zero-order valence-electron chi connectivity index (χ0n) is 14.4. The van der Waals surface area contributed by atoms with E-state index in [9.17, 15) is 0 Å². The van der Waals surface area contributed by atoms with Crippen molar-refractivity contribution in [3.63, 3.8) is 0 Å². The lowest BCUT2D eigenvalue weighted by molar-refractivity contribution is 0.622. The van der Waals surface area contributed by atoms with E-state index in [0.717, 1.165) is 53.7 Å². The maximum absolute atomic E-state index is 6.12. The standard InChI is InChI=1S/C18H21ClN6/c1-12-13(2)23-25-11-21-22-18(25)17(12)20-9-14-6-7-24(10-14)16-5-3-4-15(19)8-16/h3-5,8,11,14,20H,6-7,9-10H2,1-2H3. The molecule has 0 radical (unpaired) electrons. The van der Waals surface area contributed by atoms with Gasteiger partial charge in [-0.15, -0.1) is 10.2 Å². The van der Waals surface area contributed by atoms with Crippen LogP contribution in [0.15, 0.2) is 30.6 Å².